The third kappa shape index (κ3) is 1.40. The van der Waals surface area contributed by atoms with E-state index in [1.54, 1.807) is 0 Å². The monoisotopic (exact) mass is 197 g/mol. The van der Waals surface area contributed by atoms with E-state index in [0.29, 0.717) is 6.04 Å². The minimum absolute atomic E-state index is 0.0781. The highest BCUT2D eigenvalue weighted by Gasteiger charge is 2.52. The zero-order chi connectivity index (χ0) is 10.5. The second kappa shape index (κ2) is 3.21. The molecule has 1 aliphatic heterocycles. The van der Waals surface area contributed by atoms with Gasteiger partial charge in [-0.05, 0) is 18.3 Å². The molecule has 2 aliphatic rings. The average molecular weight is 197 g/mol. The highest BCUT2D eigenvalue weighted by atomic mass is 16.3. The summed E-state index contributed by atoms with van der Waals surface area (Å²) < 4.78 is 0. The maximum Gasteiger partial charge on any atom is 0.0621 e. The minimum Gasteiger partial charge on any atom is -0.392 e. The van der Waals surface area contributed by atoms with Gasteiger partial charge in [-0.2, -0.15) is 0 Å². The number of hydrogen-bond donors (Lipinski definition) is 1. The van der Waals surface area contributed by atoms with Gasteiger partial charge in [0.25, 0.3) is 0 Å². The van der Waals surface area contributed by atoms with E-state index in [2.05, 4.69) is 32.6 Å². The van der Waals surface area contributed by atoms with Crippen LogP contribution in [-0.2, 0) is 0 Å². The first-order valence-electron chi connectivity index (χ1n) is 5.85. The van der Waals surface area contributed by atoms with Gasteiger partial charge in [0.2, 0.25) is 0 Å². The Morgan fingerprint density at radius 2 is 1.86 bits per heavy atom. The third-order valence-electron chi connectivity index (χ3n) is 4.49. The first-order chi connectivity index (χ1) is 6.43. The van der Waals surface area contributed by atoms with E-state index < -0.39 is 0 Å². The Labute approximate surface area is 87.3 Å². The second-order valence-electron chi connectivity index (χ2n) is 6.05. The molecule has 2 heteroatoms. The lowest BCUT2D eigenvalue weighted by molar-refractivity contribution is -0.151. The van der Waals surface area contributed by atoms with E-state index >= 15 is 0 Å². The van der Waals surface area contributed by atoms with Crippen molar-refractivity contribution in [2.45, 2.75) is 46.3 Å². The lowest BCUT2D eigenvalue weighted by Crippen LogP contribution is -2.67. The van der Waals surface area contributed by atoms with Crippen LogP contribution in [0.2, 0.25) is 0 Å². The predicted octanol–water partition coefficient (Wildman–Crippen LogP) is 1.73. The fourth-order valence-corrected chi connectivity index (χ4v) is 2.73. The largest absolute Gasteiger partial charge is 0.392 e. The van der Waals surface area contributed by atoms with Crippen LogP contribution >= 0.6 is 0 Å². The molecule has 2 rings (SSSR count). The Hall–Kier alpha value is -0.0800. The first kappa shape index (κ1) is 10.4. The number of aliphatic hydroxyl groups is 1. The van der Waals surface area contributed by atoms with Crippen LogP contribution in [-0.4, -0.2) is 35.2 Å². The Balaban J connectivity index is 1.84. The molecule has 1 saturated heterocycles. The van der Waals surface area contributed by atoms with Gasteiger partial charge < -0.3 is 5.11 Å². The van der Waals surface area contributed by atoms with Crippen molar-refractivity contribution in [3.05, 3.63) is 0 Å². The molecule has 14 heavy (non-hydrogen) atoms. The van der Waals surface area contributed by atoms with E-state index in [-0.39, 0.29) is 11.5 Å². The Morgan fingerprint density at radius 1 is 1.29 bits per heavy atom. The van der Waals surface area contributed by atoms with Crippen LogP contribution in [0, 0.1) is 17.3 Å². The van der Waals surface area contributed by atoms with Crippen molar-refractivity contribution in [1.29, 1.82) is 0 Å². The summed E-state index contributed by atoms with van der Waals surface area (Å²) in [6, 6.07) is 0.632. The number of aliphatic hydroxyl groups excluding tert-OH is 1. The molecule has 0 spiro atoms. The standard InChI is InChI=1S/C12H23NO/c1-8(2)9-6-13(7-9)10-5-11(14)12(10,3)4/h8-11,14H,5-7H2,1-4H3. The number of rotatable bonds is 2. The normalized spacial score (nSPS) is 38.1. The van der Waals surface area contributed by atoms with Crippen molar-refractivity contribution in [1.82, 2.24) is 4.90 Å². The summed E-state index contributed by atoms with van der Waals surface area (Å²) >= 11 is 0. The quantitative estimate of drug-likeness (QED) is 0.729. The molecule has 1 aliphatic carbocycles. The molecule has 2 unspecified atom stereocenters. The molecule has 2 atom stereocenters. The molecular formula is C12H23NO. The molecule has 0 radical (unpaired) electrons. The molecule has 0 bridgehead atoms. The second-order valence-corrected chi connectivity index (χ2v) is 6.05. The van der Waals surface area contributed by atoms with Crippen molar-refractivity contribution >= 4 is 0 Å². The van der Waals surface area contributed by atoms with Gasteiger partial charge in [0.1, 0.15) is 0 Å². The predicted molar refractivity (Wildman–Crippen MR) is 58.1 cm³/mol. The molecule has 2 fully saturated rings. The van der Waals surface area contributed by atoms with Gasteiger partial charge in [-0.15, -0.1) is 0 Å². The van der Waals surface area contributed by atoms with E-state index in [9.17, 15) is 5.11 Å². The van der Waals surface area contributed by atoms with Crippen LogP contribution in [0.5, 0.6) is 0 Å². The summed E-state index contributed by atoms with van der Waals surface area (Å²) in [4.78, 5) is 2.55. The van der Waals surface area contributed by atoms with E-state index in [1.807, 2.05) is 0 Å². The highest BCUT2D eigenvalue weighted by molar-refractivity contribution is 5.05. The molecule has 1 N–H and O–H groups in total. The van der Waals surface area contributed by atoms with Crippen LogP contribution in [0.3, 0.4) is 0 Å². The summed E-state index contributed by atoms with van der Waals surface area (Å²) in [6.45, 7) is 11.5. The lowest BCUT2D eigenvalue weighted by atomic mass is 9.62. The fraction of sp³-hybridized carbons (Fsp3) is 1.00. The fourth-order valence-electron chi connectivity index (χ4n) is 2.73. The first-order valence-corrected chi connectivity index (χ1v) is 5.85. The Morgan fingerprint density at radius 3 is 2.21 bits per heavy atom. The Bertz CT molecular complexity index is 218. The van der Waals surface area contributed by atoms with E-state index in [0.717, 1.165) is 18.3 Å². The van der Waals surface area contributed by atoms with Crippen LogP contribution in [0.25, 0.3) is 0 Å². The summed E-state index contributed by atoms with van der Waals surface area (Å²) in [5, 5.41) is 9.66. The van der Waals surface area contributed by atoms with Gasteiger partial charge in [-0.3, -0.25) is 4.90 Å². The smallest absolute Gasteiger partial charge is 0.0621 e. The van der Waals surface area contributed by atoms with Crippen molar-refractivity contribution in [3.63, 3.8) is 0 Å². The SMILES string of the molecule is CC(C)C1CN(C2CC(O)C2(C)C)C1. The Kier molecular flexibility index (Phi) is 2.39. The van der Waals surface area contributed by atoms with Gasteiger partial charge in [-0.25, -0.2) is 0 Å². The molecule has 0 aromatic rings. The van der Waals surface area contributed by atoms with E-state index in [4.69, 9.17) is 0 Å². The molecule has 0 amide bonds. The van der Waals surface area contributed by atoms with Gasteiger partial charge in [0, 0.05) is 24.5 Å². The third-order valence-corrected chi connectivity index (χ3v) is 4.49. The summed E-state index contributed by atoms with van der Waals surface area (Å²) in [6.07, 6.45) is 0.906. The molecule has 0 aromatic heterocycles. The van der Waals surface area contributed by atoms with Crippen molar-refractivity contribution in [2.24, 2.45) is 17.3 Å². The van der Waals surface area contributed by atoms with Crippen LogP contribution < -0.4 is 0 Å². The highest BCUT2D eigenvalue weighted by Crippen LogP contribution is 2.46. The van der Waals surface area contributed by atoms with Gasteiger partial charge >= 0.3 is 0 Å². The molecule has 0 aromatic carbocycles. The summed E-state index contributed by atoms with van der Waals surface area (Å²) in [7, 11) is 0. The zero-order valence-corrected chi connectivity index (χ0v) is 9.83. The number of likely N-dealkylation sites (tertiary alicyclic amines) is 1. The van der Waals surface area contributed by atoms with Crippen molar-refractivity contribution < 1.29 is 5.11 Å². The number of hydrogen-bond acceptors (Lipinski definition) is 2. The van der Waals surface area contributed by atoms with Crippen LogP contribution in [0.1, 0.15) is 34.1 Å². The molecule has 1 heterocycles. The van der Waals surface area contributed by atoms with Gasteiger partial charge in [0.15, 0.2) is 0 Å². The van der Waals surface area contributed by atoms with Crippen LogP contribution in [0.15, 0.2) is 0 Å². The summed E-state index contributed by atoms with van der Waals surface area (Å²) in [5.74, 6) is 1.71. The number of nitrogens with zero attached hydrogens (tertiary/aromatic N) is 1. The molecule has 2 nitrogen and oxygen atoms in total. The average Bonchev–Trinajstić information content (AvgIpc) is 2.00. The maximum absolute atomic E-state index is 9.66. The molecule has 1 saturated carbocycles. The molecule has 82 valence electrons. The maximum atomic E-state index is 9.66. The van der Waals surface area contributed by atoms with Crippen molar-refractivity contribution in [2.75, 3.05) is 13.1 Å². The minimum atomic E-state index is -0.0781. The van der Waals surface area contributed by atoms with Crippen molar-refractivity contribution in [3.8, 4) is 0 Å². The summed E-state index contributed by atoms with van der Waals surface area (Å²) in [5.41, 5.74) is 0.127. The van der Waals surface area contributed by atoms with Gasteiger partial charge in [-0.1, -0.05) is 27.7 Å². The lowest BCUT2D eigenvalue weighted by Gasteiger charge is -2.59. The van der Waals surface area contributed by atoms with Crippen LogP contribution in [0.4, 0.5) is 0 Å². The molecular weight excluding hydrogens is 174 g/mol. The van der Waals surface area contributed by atoms with Gasteiger partial charge in [0.05, 0.1) is 6.10 Å². The van der Waals surface area contributed by atoms with E-state index in [1.165, 1.54) is 13.1 Å². The topological polar surface area (TPSA) is 23.5 Å². The zero-order valence-electron chi connectivity index (χ0n) is 9.83.